The average Bonchev–Trinajstić information content (AvgIpc) is 2.86. The van der Waals surface area contributed by atoms with E-state index in [0.717, 1.165) is 18.9 Å². The minimum Gasteiger partial charge on any atom is -0.479 e. The second-order valence-electron chi connectivity index (χ2n) is 7.16. The van der Waals surface area contributed by atoms with E-state index in [9.17, 15) is 10.1 Å². The fraction of sp³-hybridized carbons (Fsp3) is 0.500. The highest BCUT2D eigenvalue weighted by molar-refractivity contribution is 6.33. The molecule has 2 fully saturated rings. The summed E-state index contributed by atoms with van der Waals surface area (Å²) >= 11 is 11.9. The Morgan fingerprint density at radius 3 is 1.79 bits per heavy atom. The molecule has 2 aliphatic rings. The number of anilines is 3. The van der Waals surface area contributed by atoms with Crippen LogP contribution in [0.1, 0.15) is 0 Å². The number of nitrogen functional groups attached to an aromatic ring is 1. The molecule has 0 aliphatic carbocycles. The van der Waals surface area contributed by atoms with E-state index in [1.54, 1.807) is 6.07 Å². The van der Waals surface area contributed by atoms with Crippen LogP contribution >= 0.6 is 23.2 Å². The van der Waals surface area contributed by atoms with E-state index >= 15 is 0 Å². The third-order valence-electron chi connectivity index (χ3n) is 5.10. The van der Waals surface area contributed by atoms with Gasteiger partial charge in [-0.2, -0.15) is 9.97 Å². The summed E-state index contributed by atoms with van der Waals surface area (Å²) in [5.41, 5.74) is 5.80. The predicted octanol–water partition coefficient (Wildman–Crippen LogP) is 2.65. The molecule has 0 atom stereocenters. The Labute approximate surface area is 206 Å². The van der Waals surface area contributed by atoms with Crippen LogP contribution in [-0.2, 0) is 9.47 Å². The lowest BCUT2D eigenvalue weighted by Crippen LogP contribution is -2.36. The van der Waals surface area contributed by atoms with Gasteiger partial charge >= 0.3 is 5.69 Å². The van der Waals surface area contributed by atoms with Gasteiger partial charge in [0.25, 0.3) is 5.88 Å². The standard InChI is InChI=1S/C10H12ClN3O4.C10H14ClN3O2/c1-17-10-9(14(15)16)7(11)6-8(12-10)13-2-4-18-5-3-13;1-15-10-9(12)7(11)6-8(13-10)14-2-4-16-5-3-14/h6H,2-5H2,1H3;6H,2-5,12H2,1H3. The Hall–Kier alpha value is -2.80. The first kappa shape index (κ1) is 25.8. The summed E-state index contributed by atoms with van der Waals surface area (Å²) < 4.78 is 20.5. The molecule has 0 amide bonds. The van der Waals surface area contributed by atoms with Gasteiger partial charge in [-0.05, 0) is 0 Å². The summed E-state index contributed by atoms with van der Waals surface area (Å²) in [4.78, 5) is 22.7. The number of pyridine rings is 2. The lowest BCUT2D eigenvalue weighted by atomic mass is 10.3. The van der Waals surface area contributed by atoms with Crippen molar-refractivity contribution in [2.75, 3.05) is 82.4 Å². The SMILES string of the molecule is COc1nc(N2CCOCC2)cc(Cl)c1N.COc1nc(N2CCOCC2)cc(Cl)c1[N+](=O)[O-]. The van der Waals surface area contributed by atoms with E-state index in [4.69, 9.17) is 47.9 Å². The molecule has 0 spiro atoms. The third-order valence-corrected chi connectivity index (χ3v) is 5.70. The Balaban J connectivity index is 0.000000192. The topological polar surface area (TPSA) is 138 Å². The van der Waals surface area contributed by atoms with Crippen LogP contribution in [0.3, 0.4) is 0 Å². The zero-order chi connectivity index (χ0) is 24.7. The largest absolute Gasteiger partial charge is 0.479 e. The molecule has 4 heterocycles. The van der Waals surface area contributed by atoms with Crippen molar-refractivity contribution in [2.24, 2.45) is 0 Å². The van der Waals surface area contributed by atoms with Crippen molar-refractivity contribution in [3.63, 3.8) is 0 Å². The molecule has 2 aromatic heterocycles. The van der Waals surface area contributed by atoms with Crippen molar-refractivity contribution in [1.82, 2.24) is 9.97 Å². The van der Waals surface area contributed by atoms with Crippen LogP contribution in [0.2, 0.25) is 10.0 Å². The highest BCUT2D eigenvalue weighted by Crippen LogP contribution is 2.36. The summed E-state index contributed by atoms with van der Waals surface area (Å²) in [5.74, 6) is 1.63. The maximum Gasteiger partial charge on any atom is 0.349 e. The van der Waals surface area contributed by atoms with Crippen LogP contribution in [0.5, 0.6) is 11.8 Å². The van der Waals surface area contributed by atoms with Crippen LogP contribution in [-0.4, -0.2) is 81.7 Å². The molecule has 2 saturated heterocycles. The number of nitrogens with two attached hydrogens (primary N) is 1. The van der Waals surface area contributed by atoms with E-state index < -0.39 is 4.92 Å². The Kier molecular flexibility index (Phi) is 9.16. The number of aromatic nitrogens is 2. The zero-order valence-corrected chi connectivity index (χ0v) is 20.3. The zero-order valence-electron chi connectivity index (χ0n) is 18.8. The van der Waals surface area contributed by atoms with Crippen molar-refractivity contribution < 1.29 is 23.9 Å². The van der Waals surface area contributed by atoms with Gasteiger partial charge in [-0.1, -0.05) is 23.2 Å². The molecule has 2 aromatic rings. The second kappa shape index (κ2) is 12.1. The summed E-state index contributed by atoms with van der Waals surface area (Å²) in [6, 6.07) is 3.23. The minimum atomic E-state index is -0.600. The fourth-order valence-corrected chi connectivity index (χ4v) is 3.76. The van der Waals surface area contributed by atoms with Gasteiger partial charge in [0.05, 0.1) is 50.6 Å². The quantitative estimate of drug-likeness (QED) is 0.463. The molecule has 0 unspecified atom stereocenters. The summed E-state index contributed by atoms with van der Waals surface area (Å²) in [5, 5.41) is 11.3. The monoisotopic (exact) mass is 516 g/mol. The second-order valence-corrected chi connectivity index (χ2v) is 7.98. The number of halogens is 2. The molecule has 0 saturated carbocycles. The number of morpholine rings is 2. The number of rotatable bonds is 5. The van der Waals surface area contributed by atoms with Gasteiger partial charge in [0.1, 0.15) is 22.3 Å². The van der Waals surface area contributed by atoms with Crippen molar-refractivity contribution >= 4 is 46.2 Å². The van der Waals surface area contributed by atoms with Gasteiger partial charge in [0, 0.05) is 38.3 Å². The molecule has 0 aromatic carbocycles. The number of hydrogen-bond acceptors (Lipinski definition) is 11. The van der Waals surface area contributed by atoms with Gasteiger partial charge in [0.15, 0.2) is 0 Å². The van der Waals surface area contributed by atoms with Gasteiger partial charge < -0.3 is 34.5 Å². The predicted molar refractivity (Wildman–Crippen MR) is 129 cm³/mol. The van der Waals surface area contributed by atoms with Crippen molar-refractivity contribution in [3.8, 4) is 11.8 Å². The van der Waals surface area contributed by atoms with E-state index in [-0.39, 0.29) is 16.6 Å². The Morgan fingerprint density at radius 2 is 1.35 bits per heavy atom. The first-order valence-corrected chi connectivity index (χ1v) is 11.2. The Morgan fingerprint density at radius 1 is 0.912 bits per heavy atom. The highest BCUT2D eigenvalue weighted by atomic mass is 35.5. The number of hydrogen-bond donors (Lipinski definition) is 1. The molecule has 2 aliphatic heterocycles. The van der Waals surface area contributed by atoms with Gasteiger partial charge in [-0.3, -0.25) is 10.1 Å². The highest BCUT2D eigenvalue weighted by Gasteiger charge is 2.25. The maximum atomic E-state index is 10.9. The van der Waals surface area contributed by atoms with Crippen LogP contribution < -0.4 is 25.0 Å². The van der Waals surface area contributed by atoms with E-state index in [0.29, 0.717) is 61.9 Å². The number of methoxy groups -OCH3 is 2. The van der Waals surface area contributed by atoms with Gasteiger partial charge in [0.2, 0.25) is 5.88 Å². The molecule has 186 valence electrons. The first-order valence-electron chi connectivity index (χ1n) is 10.4. The molecular weight excluding hydrogens is 491 g/mol. The smallest absolute Gasteiger partial charge is 0.349 e. The first-order chi connectivity index (χ1) is 16.3. The lowest BCUT2D eigenvalue weighted by Gasteiger charge is -2.28. The summed E-state index contributed by atoms with van der Waals surface area (Å²) in [7, 11) is 2.85. The maximum absolute atomic E-state index is 10.9. The van der Waals surface area contributed by atoms with Crippen LogP contribution in [0, 0.1) is 10.1 Å². The van der Waals surface area contributed by atoms with Crippen LogP contribution in [0.15, 0.2) is 12.1 Å². The molecule has 0 bridgehead atoms. The van der Waals surface area contributed by atoms with Crippen molar-refractivity contribution in [1.29, 1.82) is 0 Å². The third kappa shape index (κ3) is 6.20. The van der Waals surface area contributed by atoms with Crippen LogP contribution in [0.4, 0.5) is 23.0 Å². The number of nitro groups is 1. The van der Waals surface area contributed by atoms with E-state index in [2.05, 4.69) is 14.9 Å². The molecule has 34 heavy (non-hydrogen) atoms. The molecule has 2 N–H and O–H groups in total. The van der Waals surface area contributed by atoms with Gasteiger partial charge in [-0.15, -0.1) is 0 Å². The fourth-order valence-electron chi connectivity index (χ4n) is 3.34. The summed E-state index contributed by atoms with van der Waals surface area (Å²) in [6.07, 6.45) is 0. The lowest BCUT2D eigenvalue weighted by molar-refractivity contribution is -0.386. The number of ether oxygens (including phenoxy) is 4. The molecule has 14 heteroatoms. The minimum absolute atomic E-state index is 0.0216. The van der Waals surface area contributed by atoms with Crippen molar-refractivity contribution in [3.05, 3.63) is 32.3 Å². The van der Waals surface area contributed by atoms with Gasteiger partial charge in [-0.25, -0.2) is 0 Å². The average molecular weight is 517 g/mol. The molecule has 0 radical (unpaired) electrons. The van der Waals surface area contributed by atoms with E-state index in [1.807, 2.05) is 4.90 Å². The summed E-state index contributed by atoms with van der Waals surface area (Å²) in [6.45, 7) is 5.54. The molecular formula is C20H26Cl2N6O6. The number of nitrogens with zero attached hydrogens (tertiary/aromatic N) is 5. The van der Waals surface area contributed by atoms with E-state index in [1.165, 1.54) is 20.3 Å². The Bertz CT molecular complexity index is 1000. The molecule has 4 rings (SSSR count). The molecule has 12 nitrogen and oxygen atoms in total. The van der Waals surface area contributed by atoms with Crippen LogP contribution in [0.25, 0.3) is 0 Å². The van der Waals surface area contributed by atoms with Crippen molar-refractivity contribution in [2.45, 2.75) is 0 Å². The normalized spacial score (nSPS) is 15.9.